The highest BCUT2D eigenvalue weighted by molar-refractivity contribution is 5.42. The van der Waals surface area contributed by atoms with E-state index in [9.17, 15) is 0 Å². The highest BCUT2D eigenvalue weighted by Crippen LogP contribution is 2.96. The summed E-state index contributed by atoms with van der Waals surface area (Å²) in [6.07, 6.45) is 0.736. The molecule has 1 nitrogen and oxygen atoms in total. The standard InChI is InChI=1S/C18H32O/c1-11-13(2,3)16(8)12(19-11)17(9)15(6,7)18(17,10)14(16,4)5/h11-12H,1-10H3/t11-,12-,16-,17-,18+/m0/s1. The highest BCUT2D eigenvalue weighted by Gasteiger charge is 2.95. The molecule has 1 heterocycles. The lowest BCUT2D eigenvalue weighted by atomic mass is 9.49. The first-order valence-corrected chi connectivity index (χ1v) is 7.91. The molecule has 0 radical (unpaired) electrons. The van der Waals surface area contributed by atoms with Crippen LogP contribution in [0.3, 0.4) is 0 Å². The molecule has 0 aromatic rings. The Kier molecular flexibility index (Phi) is 2.05. The van der Waals surface area contributed by atoms with Gasteiger partial charge < -0.3 is 4.74 Å². The van der Waals surface area contributed by atoms with Crippen LogP contribution in [0.15, 0.2) is 0 Å². The summed E-state index contributed by atoms with van der Waals surface area (Å²) < 4.78 is 6.60. The van der Waals surface area contributed by atoms with Crippen molar-refractivity contribution in [1.29, 1.82) is 0 Å². The van der Waals surface area contributed by atoms with E-state index in [1.165, 1.54) is 0 Å². The summed E-state index contributed by atoms with van der Waals surface area (Å²) in [5.41, 5.74) is 1.81. The van der Waals surface area contributed by atoms with E-state index in [1.807, 2.05) is 0 Å². The average Bonchev–Trinajstić information content (AvgIpc) is 2.46. The number of rotatable bonds is 0. The quantitative estimate of drug-likeness (QED) is 0.605. The Morgan fingerprint density at radius 1 is 0.684 bits per heavy atom. The summed E-state index contributed by atoms with van der Waals surface area (Å²) in [7, 11) is 0. The fraction of sp³-hybridized carbons (Fsp3) is 1.00. The number of fused-ring (bicyclic) bond motifs is 3. The zero-order valence-corrected chi connectivity index (χ0v) is 14.6. The molecule has 0 unspecified atom stereocenters. The van der Waals surface area contributed by atoms with Gasteiger partial charge in [-0.25, -0.2) is 0 Å². The number of hydrogen-bond acceptors (Lipinski definition) is 1. The summed E-state index contributed by atoms with van der Waals surface area (Å²) in [5.74, 6) is 0. The molecular formula is C18H32O. The molecule has 0 N–H and O–H groups in total. The van der Waals surface area contributed by atoms with Gasteiger partial charge in [0.1, 0.15) is 0 Å². The molecule has 110 valence electrons. The van der Waals surface area contributed by atoms with Gasteiger partial charge in [-0.05, 0) is 28.6 Å². The number of hydrogen-bond donors (Lipinski definition) is 0. The molecule has 0 spiro atoms. The maximum Gasteiger partial charge on any atom is 0.0708 e. The zero-order valence-electron chi connectivity index (χ0n) is 14.6. The van der Waals surface area contributed by atoms with Crippen LogP contribution >= 0.6 is 0 Å². The molecule has 2 saturated carbocycles. The number of ether oxygens (including phenoxy) is 1. The van der Waals surface area contributed by atoms with Crippen LogP contribution in [-0.2, 0) is 4.74 Å². The Balaban J connectivity index is 2.27. The molecule has 0 bridgehead atoms. The minimum atomic E-state index is 0.233. The predicted molar refractivity (Wildman–Crippen MR) is 80.0 cm³/mol. The first kappa shape index (κ1) is 13.9. The Morgan fingerprint density at radius 2 is 1.11 bits per heavy atom. The molecule has 3 fully saturated rings. The largest absolute Gasteiger partial charge is 0.373 e. The van der Waals surface area contributed by atoms with Crippen molar-refractivity contribution in [3.63, 3.8) is 0 Å². The molecule has 1 saturated heterocycles. The van der Waals surface area contributed by atoms with Gasteiger partial charge in [-0.1, -0.05) is 62.3 Å². The third-order valence-corrected chi connectivity index (χ3v) is 9.82. The van der Waals surface area contributed by atoms with Gasteiger partial charge in [-0.3, -0.25) is 0 Å². The monoisotopic (exact) mass is 264 g/mol. The van der Waals surface area contributed by atoms with E-state index in [0.29, 0.717) is 28.5 Å². The molecule has 1 aliphatic heterocycles. The Labute approximate surface area is 119 Å². The van der Waals surface area contributed by atoms with Crippen molar-refractivity contribution < 1.29 is 4.74 Å². The van der Waals surface area contributed by atoms with Crippen LogP contribution in [0.4, 0.5) is 0 Å². The molecule has 0 aromatic carbocycles. The van der Waals surface area contributed by atoms with Gasteiger partial charge in [0.25, 0.3) is 0 Å². The third-order valence-electron chi connectivity index (χ3n) is 9.82. The molecule has 19 heavy (non-hydrogen) atoms. The molecule has 5 atom stereocenters. The second kappa shape index (κ2) is 2.80. The molecule has 3 aliphatic rings. The van der Waals surface area contributed by atoms with Crippen molar-refractivity contribution in [3.05, 3.63) is 0 Å². The summed E-state index contributed by atoms with van der Waals surface area (Å²) in [6, 6.07) is 0. The van der Waals surface area contributed by atoms with E-state index in [1.54, 1.807) is 0 Å². The van der Waals surface area contributed by atoms with Gasteiger partial charge in [0, 0.05) is 10.8 Å². The van der Waals surface area contributed by atoms with Gasteiger partial charge in [-0.15, -0.1) is 0 Å². The van der Waals surface area contributed by atoms with Crippen LogP contribution in [0, 0.1) is 32.5 Å². The molecule has 3 rings (SSSR count). The fourth-order valence-electron chi connectivity index (χ4n) is 7.04. The van der Waals surface area contributed by atoms with Crippen molar-refractivity contribution in [2.75, 3.05) is 0 Å². The van der Waals surface area contributed by atoms with Crippen LogP contribution in [0.2, 0.25) is 0 Å². The minimum Gasteiger partial charge on any atom is -0.373 e. The molecule has 1 heteroatoms. The van der Waals surface area contributed by atoms with Crippen LogP contribution in [-0.4, -0.2) is 12.2 Å². The lowest BCUT2D eigenvalue weighted by Crippen LogP contribution is -2.52. The van der Waals surface area contributed by atoms with Gasteiger partial charge >= 0.3 is 0 Å². The topological polar surface area (TPSA) is 9.23 Å². The van der Waals surface area contributed by atoms with Gasteiger partial charge in [0.15, 0.2) is 0 Å². The Bertz CT molecular complexity index is 460. The maximum absolute atomic E-state index is 6.60. The molecule has 2 aliphatic carbocycles. The van der Waals surface area contributed by atoms with Crippen LogP contribution in [0.5, 0.6) is 0 Å². The first-order valence-electron chi connectivity index (χ1n) is 7.91. The smallest absolute Gasteiger partial charge is 0.0708 e. The first-order chi connectivity index (χ1) is 8.26. The zero-order chi connectivity index (χ0) is 14.9. The normalized spacial score (nSPS) is 59.7. The van der Waals surface area contributed by atoms with E-state index >= 15 is 0 Å². The average molecular weight is 264 g/mol. The van der Waals surface area contributed by atoms with Crippen LogP contribution in [0.1, 0.15) is 69.2 Å². The van der Waals surface area contributed by atoms with Crippen molar-refractivity contribution in [2.24, 2.45) is 32.5 Å². The molecular weight excluding hydrogens is 232 g/mol. The van der Waals surface area contributed by atoms with Gasteiger partial charge in [0.2, 0.25) is 0 Å². The summed E-state index contributed by atoms with van der Waals surface area (Å²) in [5, 5.41) is 0. The third kappa shape index (κ3) is 0.836. The van der Waals surface area contributed by atoms with Crippen LogP contribution in [0.25, 0.3) is 0 Å². The minimum absolute atomic E-state index is 0.233. The van der Waals surface area contributed by atoms with Crippen molar-refractivity contribution in [2.45, 2.75) is 81.4 Å². The molecule has 0 aromatic heterocycles. The SMILES string of the molecule is C[C@@H]1O[C@H]2[C@@](C)(C1(C)C)C(C)(C)[C@]1(C)C(C)(C)[C@]21C. The second-order valence-corrected chi connectivity index (χ2v) is 9.66. The summed E-state index contributed by atoms with van der Waals surface area (Å²) in [4.78, 5) is 0. The van der Waals surface area contributed by atoms with E-state index in [4.69, 9.17) is 4.74 Å². The Hall–Kier alpha value is -0.0400. The summed E-state index contributed by atoms with van der Waals surface area (Å²) >= 11 is 0. The molecule has 0 amide bonds. The summed E-state index contributed by atoms with van der Waals surface area (Å²) in [6.45, 7) is 24.5. The van der Waals surface area contributed by atoms with E-state index < -0.39 is 0 Å². The van der Waals surface area contributed by atoms with E-state index in [0.717, 1.165) is 0 Å². The Morgan fingerprint density at radius 3 is 1.58 bits per heavy atom. The maximum atomic E-state index is 6.60. The van der Waals surface area contributed by atoms with Crippen molar-refractivity contribution in [1.82, 2.24) is 0 Å². The second-order valence-electron chi connectivity index (χ2n) is 9.66. The fourth-order valence-corrected chi connectivity index (χ4v) is 7.04. The van der Waals surface area contributed by atoms with Gasteiger partial charge in [0.05, 0.1) is 12.2 Å². The van der Waals surface area contributed by atoms with Gasteiger partial charge in [-0.2, -0.15) is 0 Å². The van der Waals surface area contributed by atoms with Crippen molar-refractivity contribution >= 4 is 0 Å². The lowest BCUT2D eigenvalue weighted by Gasteiger charge is -2.53. The van der Waals surface area contributed by atoms with Crippen LogP contribution < -0.4 is 0 Å². The van der Waals surface area contributed by atoms with E-state index in [2.05, 4.69) is 69.2 Å². The predicted octanol–water partition coefficient (Wildman–Crippen LogP) is 4.90. The van der Waals surface area contributed by atoms with Crippen molar-refractivity contribution in [3.8, 4) is 0 Å². The van der Waals surface area contributed by atoms with E-state index in [-0.39, 0.29) is 16.2 Å². The highest BCUT2D eigenvalue weighted by atomic mass is 16.5. The lowest BCUT2D eigenvalue weighted by molar-refractivity contribution is -0.0673.